The van der Waals surface area contributed by atoms with Gasteiger partial charge in [0.05, 0.1) is 12.8 Å². The van der Waals surface area contributed by atoms with Crippen LogP contribution in [-0.4, -0.2) is 32.8 Å². The molecule has 1 unspecified atom stereocenters. The fourth-order valence-electron chi connectivity index (χ4n) is 2.41. The topological polar surface area (TPSA) is 24.5 Å². The Bertz CT molecular complexity index is 354. The van der Waals surface area contributed by atoms with Crippen molar-refractivity contribution in [3.8, 4) is 5.75 Å². The average Bonchev–Trinajstić information content (AvgIpc) is 2.63. The zero-order valence-electron chi connectivity index (χ0n) is 10.8. The van der Waals surface area contributed by atoms with Gasteiger partial charge in [-0.3, -0.25) is 0 Å². The number of hydrogen-bond donors (Lipinski definition) is 1. The highest BCUT2D eigenvalue weighted by atomic mass is 16.5. The van der Waals surface area contributed by atoms with Crippen molar-refractivity contribution in [1.29, 1.82) is 0 Å². The van der Waals surface area contributed by atoms with Crippen LogP contribution in [0.15, 0.2) is 24.3 Å². The van der Waals surface area contributed by atoms with Crippen molar-refractivity contribution in [3.63, 3.8) is 0 Å². The smallest absolute Gasteiger partial charge is 0.142 e. The molecular formula is C14H22N2O. The lowest BCUT2D eigenvalue weighted by molar-refractivity contribution is 0.414. The van der Waals surface area contributed by atoms with Crippen LogP contribution >= 0.6 is 0 Å². The first-order chi connectivity index (χ1) is 8.35. The molecule has 1 aliphatic heterocycles. The van der Waals surface area contributed by atoms with Crippen LogP contribution in [0.1, 0.15) is 19.8 Å². The lowest BCUT2D eigenvalue weighted by Crippen LogP contribution is -2.30. The molecule has 0 aromatic heterocycles. The Morgan fingerprint density at radius 2 is 2.18 bits per heavy atom. The van der Waals surface area contributed by atoms with Crippen LogP contribution in [0, 0.1) is 0 Å². The summed E-state index contributed by atoms with van der Waals surface area (Å²) in [7, 11) is 1.74. The third-order valence-corrected chi connectivity index (χ3v) is 3.48. The van der Waals surface area contributed by atoms with Crippen LogP contribution in [0.5, 0.6) is 5.75 Å². The molecule has 1 fully saturated rings. The van der Waals surface area contributed by atoms with Gasteiger partial charge in [-0.2, -0.15) is 0 Å². The van der Waals surface area contributed by atoms with Crippen molar-refractivity contribution in [2.75, 3.05) is 31.6 Å². The summed E-state index contributed by atoms with van der Waals surface area (Å²) < 4.78 is 5.43. The maximum atomic E-state index is 5.43. The van der Waals surface area contributed by atoms with E-state index in [9.17, 15) is 0 Å². The first-order valence-electron chi connectivity index (χ1n) is 6.46. The second kappa shape index (κ2) is 5.92. The number of anilines is 1. The third kappa shape index (κ3) is 2.91. The van der Waals surface area contributed by atoms with Gasteiger partial charge in [0.1, 0.15) is 5.75 Å². The summed E-state index contributed by atoms with van der Waals surface area (Å²) in [4.78, 5) is 2.42. The summed E-state index contributed by atoms with van der Waals surface area (Å²) in [6, 6.07) is 8.94. The van der Waals surface area contributed by atoms with E-state index in [2.05, 4.69) is 29.3 Å². The van der Waals surface area contributed by atoms with Crippen LogP contribution in [0.4, 0.5) is 5.69 Å². The minimum absolute atomic E-state index is 0.662. The van der Waals surface area contributed by atoms with E-state index in [1.54, 1.807) is 7.11 Å². The molecule has 2 rings (SSSR count). The quantitative estimate of drug-likeness (QED) is 0.868. The SMILES string of the molecule is CCC1CCN(c2ccccc2OC)CCN1. The maximum absolute atomic E-state index is 5.43. The predicted octanol–water partition coefficient (Wildman–Crippen LogP) is 2.27. The standard InChI is InChI=1S/C14H22N2O/c1-3-12-8-10-16(11-9-15-12)13-6-4-5-7-14(13)17-2/h4-7,12,15H,3,8-11H2,1-2H3. The zero-order chi connectivity index (χ0) is 12.1. The lowest BCUT2D eigenvalue weighted by Gasteiger charge is -2.24. The molecule has 0 bridgehead atoms. The summed E-state index contributed by atoms with van der Waals surface area (Å²) in [6.07, 6.45) is 2.41. The molecule has 0 radical (unpaired) electrons. The molecule has 1 heterocycles. The highest BCUT2D eigenvalue weighted by Gasteiger charge is 2.17. The van der Waals surface area contributed by atoms with Crippen LogP contribution < -0.4 is 15.0 Å². The number of methoxy groups -OCH3 is 1. The number of ether oxygens (including phenoxy) is 1. The van der Waals surface area contributed by atoms with E-state index in [4.69, 9.17) is 4.74 Å². The number of hydrogen-bond acceptors (Lipinski definition) is 3. The Hall–Kier alpha value is -1.22. The Balaban J connectivity index is 2.11. The molecule has 0 amide bonds. The van der Waals surface area contributed by atoms with Crippen molar-refractivity contribution in [2.24, 2.45) is 0 Å². The fraction of sp³-hybridized carbons (Fsp3) is 0.571. The van der Waals surface area contributed by atoms with Gasteiger partial charge in [-0.15, -0.1) is 0 Å². The molecule has 3 nitrogen and oxygen atoms in total. The largest absolute Gasteiger partial charge is 0.495 e. The Morgan fingerprint density at radius 3 is 2.94 bits per heavy atom. The van der Waals surface area contributed by atoms with E-state index in [0.717, 1.165) is 25.4 Å². The fourth-order valence-corrected chi connectivity index (χ4v) is 2.41. The van der Waals surface area contributed by atoms with Crippen molar-refractivity contribution >= 4 is 5.69 Å². The molecule has 0 aliphatic carbocycles. The minimum Gasteiger partial charge on any atom is -0.495 e. The van der Waals surface area contributed by atoms with Crippen LogP contribution in [0.2, 0.25) is 0 Å². The van der Waals surface area contributed by atoms with Gasteiger partial charge in [0.25, 0.3) is 0 Å². The molecule has 1 N–H and O–H groups in total. The molecule has 94 valence electrons. The van der Waals surface area contributed by atoms with Gasteiger partial charge in [0.2, 0.25) is 0 Å². The second-order valence-electron chi connectivity index (χ2n) is 4.51. The summed E-state index contributed by atoms with van der Waals surface area (Å²) >= 11 is 0. The minimum atomic E-state index is 0.662. The Morgan fingerprint density at radius 1 is 1.35 bits per heavy atom. The normalized spacial score (nSPS) is 21.1. The predicted molar refractivity (Wildman–Crippen MR) is 71.9 cm³/mol. The number of benzene rings is 1. The van der Waals surface area contributed by atoms with Crippen molar-refractivity contribution in [3.05, 3.63) is 24.3 Å². The molecule has 1 aromatic rings. The average molecular weight is 234 g/mol. The lowest BCUT2D eigenvalue weighted by atomic mass is 10.1. The number of nitrogens with zero attached hydrogens (tertiary/aromatic N) is 1. The van der Waals surface area contributed by atoms with Gasteiger partial charge in [-0.05, 0) is 25.0 Å². The van der Waals surface area contributed by atoms with Crippen LogP contribution in [0.25, 0.3) is 0 Å². The summed E-state index contributed by atoms with van der Waals surface area (Å²) in [6.45, 7) is 5.45. The molecule has 17 heavy (non-hydrogen) atoms. The molecule has 0 saturated carbocycles. The van der Waals surface area contributed by atoms with E-state index in [0.29, 0.717) is 6.04 Å². The monoisotopic (exact) mass is 234 g/mol. The third-order valence-electron chi connectivity index (χ3n) is 3.48. The van der Waals surface area contributed by atoms with Gasteiger partial charge >= 0.3 is 0 Å². The molecule has 3 heteroatoms. The summed E-state index contributed by atoms with van der Waals surface area (Å²) in [5.41, 5.74) is 1.22. The Kier molecular flexibility index (Phi) is 4.26. The number of para-hydroxylation sites is 2. The summed E-state index contributed by atoms with van der Waals surface area (Å²) in [5.74, 6) is 0.974. The molecular weight excluding hydrogens is 212 g/mol. The van der Waals surface area contributed by atoms with Crippen molar-refractivity contribution in [1.82, 2.24) is 5.32 Å². The van der Waals surface area contributed by atoms with Gasteiger partial charge in [0.15, 0.2) is 0 Å². The number of nitrogens with one attached hydrogen (secondary N) is 1. The Labute approximate surface area is 104 Å². The van der Waals surface area contributed by atoms with Crippen molar-refractivity contribution < 1.29 is 4.74 Å². The summed E-state index contributed by atoms with van der Waals surface area (Å²) in [5, 5.41) is 3.59. The number of rotatable bonds is 3. The van der Waals surface area contributed by atoms with Gasteiger partial charge in [0, 0.05) is 25.7 Å². The van der Waals surface area contributed by atoms with E-state index in [-0.39, 0.29) is 0 Å². The zero-order valence-corrected chi connectivity index (χ0v) is 10.8. The van der Waals surface area contributed by atoms with Crippen molar-refractivity contribution in [2.45, 2.75) is 25.8 Å². The molecule has 1 aromatic carbocycles. The van der Waals surface area contributed by atoms with Crippen LogP contribution in [0.3, 0.4) is 0 Å². The van der Waals surface area contributed by atoms with E-state index >= 15 is 0 Å². The maximum Gasteiger partial charge on any atom is 0.142 e. The van der Waals surface area contributed by atoms with E-state index in [1.807, 2.05) is 12.1 Å². The molecule has 1 atom stereocenters. The first-order valence-corrected chi connectivity index (χ1v) is 6.46. The van der Waals surface area contributed by atoms with Gasteiger partial charge in [-0.25, -0.2) is 0 Å². The first kappa shape index (κ1) is 12.2. The highest BCUT2D eigenvalue weighted by Crippen LogP contribution is 2.28. The van der Waals surface area contributed by atoms with E-state index < -0.39 is 0 Å². The molecule has 0 spiro atoms. The van der Waals surface area contributed by atoms with Gasteiger partial charge in [-0.1, -0.05) is 19.1 Å². The second-order valence-corrected chi connectivity index (χ2v) is 4.51. The van der Waals surface area contributed by atoms with E-state index in [1.165, 1.54) is 18.5 Å². The molecule has 1 aliphatic rings. The van der Waals surface area contributed by atoms with Crippen LogP contribution in [-0.2, 0) is 0 Å². The molecule has 1 saturated heterocycles. The van der Waals surface area contributed by atoms with Gasteiger partial charge < -0.3 is 15.0 Å². The highest BCUT2D eigenvalue weighted by molar-refractivity contribution is 5.58.